The highest BCUT2D eigenvalue weighted by molar-refractivity contribution is 7.17. The van der Waals surface area contributed by atoms with Crippen molar-refractivity contribution in [3.8, 4) is 0 Å². The van der Waals surface area contributed by atoms with Crippen LogP contribution in [0.3, 0.4) is 0 Å². The first-order chi connectivity index (χ1) is 33.3. The van der Waals surface area contributed by atoms with E-state index < -0.39 is 0 Å². The van der Waals surface area contributed by atoms with Gasteiger partial charge in [-0.05, 0) is 93.0 Å². The molecule has 8 nitrogen and oxygen atoms in total. The van der Waals surface area contributed by atoms with Gasteiger partial charge in [-0.25, -0.2) is 15.0 Å². The fourth-order valence-corrected chi connectivity index (χ4v) is 6.93. The molecule has 12 rings (SSSR count). The number of imidazole rings is 3. The maximum Gasteiger partial charge on any atom is 0.136 e. The lowest BCUT2D eigenvalue weighted by Gasteiger charge is -1.90. The number of hydrogen-bond acceptors (Lipinski definition) is 7. The highest BCUT2D eigenvalue weighted by Crippen LogP contribution is 2.19. The molecule has 7 aromatic heterocycles. The second kappa shape index (κ2) is 38.3. The lowest BCUT2D eigenvalue weighted by atomic mass is 10.2. The first-order valence-corrected chi connectivity index (χ1v) is 25.3. The summed E-state index contributed by atoms with van der Waals surface area (Å²) in [5.41, 5.74) is 7.14. The molecule has 0 atom stereocenters. The minimum Gasteiger partial charge on any atom is -0.345 e. The Bertz CT molecular complexity index is 2340. The predicted molar refractivity (Wildman–Crippen MR) is 299 cm³/mol. The van der Waals surface area contributed by atoms with Crippen molar-refractivity contribution in [2.75, 3.05) is 0 Å². The van der Waals surface area contributed by atoms with Crippen LogP contribution < -0.4 is 0 Å². The summed E-state index contributed by atoms with van der Waals surface area (Å²) in [6.07, 6.45) is 12.5. The Balaban J connectivity index is 0.000000384. The molecule has 0 aliphatic heterocycles. The van der Waals surface area contributed by atoms with Gasteiger partial charge in [0.2, 0.25) is 0 Å². The summed E-state index contributed by atoms with van der Waals surface area (Å²) in [6.45, 7) is 24.0. The summed E-state index contributed by atoms with van der Waals surface area (Å²) in [4.78, 5) is 26.5. The first-order valence-electron chi connectivity index (χ1n) is 23.4. The van der Waals surface area contributed by atoms with Crippen LogP contribution in [0.1, 0.15) is 83.1 Å². The molecule has 0 aliphatic carbocycles. The molecule has 0 radical (unpaired) electrons. The number of aromatic amines is 2. The molecule has 0 amide bonds. The molecule has 0 aliphatic rings. The smallest absolute Gasteiger partial charge is 0.136 e. The number of benzene rings is 5. The number of hydrogen-bond donors (Lipinski definition) is 2. The van der Waals surface area contributed by atoms with Crippen molar-refractivity contribution in [3.05, 3.63) is 205 Å². The largest absolute Gasteiger partial charge is 0.345 e. The summed E-state index contributed by atoms with van der Waals surface area (Å²) in [5.74, 6) is 0. The van der Waals surface area contributed by atoms with Crippen molar-refractivity contribution < 1.29 is 0 Å². The fourth-order valence-electron chi connectivity index (χ4n) is 5.35. The lowest BCUT2D eigenvalue weighted by Crippen LogP contribution is -1.78. The van der Waals surface area contributed by atoms with Gasteiger partial charge in [0.05, 0.1) is 45.8 Å². The highest BCUT2D eigenvalue weighted by atomic mass is 32.1. The van der Waals surface area contributed by atoms with Gasteiger partial charge >= 0.3 is 0 Å². The Morgan fingerprint density at radius 3 is 1.28 bits per heavy atom. The van der Waals surface area contributed by atoms with E-state index in [1.54, 1.807) is 53.9 Å². The van der Waals surface area contributed by atoms with E-state index in [2.05, 4.69) is 106 Å². The van der Waals surface area contributed by atoms with E-state index in [4.69, 9.17) is 0 Å². The number of rotatable bonds is 0. The Labute approximate surface area is 407 Å². The zero-order valence-electron chi connectivity index (χ0n) is 41.6. The standard InChI is InChI=1S/C8H6N2.2C8H6S.3C7H6N2.6C2H6/c1-2-4-8-7(3-1)9-5-6-10-8;1-2-4-8-6-9-5-7(8)3-1;1-2-4-8-7(3-1)5-6-9-8;1-2-5-9-6-4-8-7(9)3-1;2*1-2-4-7-6(3-1)8-5-9-7;6*1-2/h1-6H;3*1-6H;2*1-5H,(H,8,9);6*1-2H3. The summed E-state index contributed by atoms with van der Waals surface area (Å²) < 4.78 is 3.34. The SMILES string of the molecule is CC.CC.CC.CC.CC.CC.c1ccc2[nH]cnc2c1.c1ccc2[nH]cnc2c1.c1ccc2cscc2c1.c1ccc2nccnc2c1.c1ccc2sccc2c1.c1ccn2ccnc2c1. The second-order valence-electron chi connectivity index (χ2n) is 11.7. The number of nitrogens with zero attached hydrogens (tertiary/aromatic N) is 6. The van der Waals surface area contributed by atoms with Crippen LogP contribution >= 0.6 is 22.7 Å². The topological polar surface area (TPSA) is 100 Å². The molecule has 7 heterocycles. The van der Waals surface area contributed by atoms with E-state index in [0.29, 0.717) is 0 Å². The lowest BCUT2D eigenvalue weighted by molar-refractivity contribution is 1.19. The van der Waals surface area contributed by atoms with Gasteiger partial charge in [-0.2, -0.15) is 11.3 Å². The summed E-state index contributed by atoms with van der Waals surface area (Å²) in [6, 6.07) is 48.5. The van der Waals surface area contributed by atoms with E-state index in [1.165, 1.54) is 20.9 Å². The molecule has 2 N–H and O–H groups in total. The average Bonchev–Trinajstić information content (AvgIpc) is 4.32. The number of aromatic nitrogens is 8. The van der Waals surface area contributed by atoms with Gasteiger partial charge in [0.15, 0.2) is 0 Å². The molecule has 12 aromatic rings. The molecule has 0 spiro atoms. The molecule has 0 bridgehead atoms. The zero-order chi connectivity index (χ0) is 49.3. The fraction of sp³-hybridized carbons (Fsp3) is 0.211. The molecule has 0 saturated heterocycles. The number of H-pyrrole nitrogens is 2. The van der Waals surface area contributed by atoms with E-state index in [0.717, 1.165) is 38.7 Å². The normalized spacial score (nSPS) is 8.90. The van der Waals surface area contributed by atoms with Crippen LogP contribution in [0, 0.1) is 0 Å². The van der Waals surface area contributed by atoms with Crippen LogP contribution in [0.25, 0.3) is 59.6 Å². The summed E-state index contributed by atoms with van der Waals surface area (Å²) >= 11 is 3.54. The van der Waals surface area contributed by atoms with Crippen LogP contribution in [-0.2, 0) is 0 Å². The van der Waals surface area contributed by atoms with Crippen LogP contribution in [0.15, 0.2) is 205 Å². The predicted octanol–water partition coefficient (Wildman–Crippen LogP) is 18.0. The van der Waals surface area contributed by atoms with Gasteiger partial charge in [-0.15, -0.1) is 11.3 Å². The molecule has 0 saturated carbocycles. The van der Waals surface area contributed by atoms with Gasteiger partial charge in [0.25, 0.3) is 0 Å². The monoisotopic (exact) mass is 933 g/mol. The number of thiophene rings is 2. The van der Waals surface area contributed by atoms with Crippen LogP contribution in [0.5, 0.6) is 0 Å². The molecule has 10 heteroatoms. The van der Waals surface area contributed by atoms with Crippen molar-refractivity contribution in [2.24, 2.45) is 0 Å². The van der Waals surface area contributed by atoms with Crippen LogP contribution in [0.4, 0.5) is 0 Å². The third-order valence-electron chi connectivity index (χ3n) is 8.08. The molecular formula is C57H72N8S2. The quantitative estimate of drug-likeness (QED) is 0.158. The van der Waals surface area contributed by atoms with Gasteiger partial charge in [0, 0.05) is 35.7 Å². The van der Waals surface area contributed by atoms with Gasteiger partial charge in [-0.3, -0.25) is 9.97 Å². The third-order valence-corrected chi connectivity index (χ3v) is 9.76. The highest BCUT2D eigenvalue weighted by Gasteiger charge is 1.92. The Morgan fingerprint density at radius 2 is 0.806 bits per heavy atom. The van der Waals surface area contributed by atoms with E-state index in [-0.39, 0.29) is 0 Å². The Hall–Kier alpha value is -7.01. The maximum absolute atomic E-state index is 4.12. The van der Waals surface area contributed by atoms with E-state index in [1.807, 2.05) is 191 Å². The second-order valence-corrected chi connectivity index (χ2v) is 13.4. The molecule has 0 fully saturated rings. The van der Waals surface area contributed by atoms with Gasteiger partial charge in [0.1, 0.15) is 5.65 Å². The number of fused-ring (bicyclic) bond motifs is 6. The first kappa shape index (κ1) is 58.0. The van der Waals surface area contributed by atoms with Crippen molar-refractivity contribution in [1.29, 1.82) is 0 Å². The van der Waals surface area contributed by atoms with E-state index >= 15 is 0 Å². The van der Waals surface area contributed by atoms with Crippen molar-refractivity contribution >= 4 is 82.3 Å². The molecule has 352 valence electrons. The summed E-state index contributed by atoms with van der Waals surface area (Å²) in [7, 11) is 0. The van der Waals surface area contributed by atoms with Crippen LogP contribution in [0.2, 0.25) is 0 Å². The van der Waals surface area contributed by atoms with Crippen molar-refractivity contribution in [1.82, 2.24) is 39.3 Å². The van der Waals surface area contributed by atoms with Gasteiger partial charge in [-0.1, -0.05) is 168 Å². The van der Waals surface area contributed by atoms with Crippen molar-refractivity contribution in [3.63, 3.8) is 0 Å². The van der Waals surface area contributed by atoms with Crippen LogP contribution in [-0.4, -0.2) is 39.3 Å². The molecular weight excluding hydrogens is 861 g/mol. The minimum atomic E-state index is 0.949. The van der Waals surface area contributed by atoms with E-state index in [9.17, 15) is 0 Å². The zero-order valence-corrected chi connectivity index (χ0v) is 43.3. The number of pyridine rings is 1. The molecule has 5 aromatic carbocycles. The Kier molecular flexibility index (Phi) is 33.1. The minimum absolute atomic E-state index is 0.949. The van der Waals surface area contributed by atoms with Crippen molar-refractivity contribution in [2.45, 2.75) is 83.1 Å². The number of para-hydroxylation sites is 6. The average molecular weight is 933 g/mol. The number of nitrogens with one attached hydrogen (secondary N) is 2. The molecule has 67 heavy (non-hydrogen) atoms. The van der Waals surface area contributed by atoms with Gasteiger partial charge < -0.3 is 14.4 Å². The maximum atomic E-state index is 4.12. The third kappa shape index (κ3) is 20.8. The molecule has 0 unspecified atom stereocenters. The summed E-state index contributed by atoms with van der Waals surface area (Å²) in [5, 5.41) is 10.5. The Morgan fingerprint density at radius 1 is 0.373 bits per heavy atom.